The number of nitrogens with one attached hydrogen (secondary N) is 1. The van der Waals surface area contributed by atoms with Gasteiger partial charge in [0.05, 0.1) is 18.2 Å². The lowest BCUT2D eigenvalue weighted by Gasteiger charge is -2.11. The van der Waals surface area contributed by atoms with Gasteiger partial charge in [0.1, 0.15) is 5.02 Å². The highest BCUT2D eigenvalue weighted by Crippen LogP contribution is 2.15. The van der Waals surface area contributed by atoms with Crippen LogP contribution in [0.15, 0.2) is 29.7 Å². The third-order valence-corrected chi connectivity index (χ3v) is 3.13. The van der Waals surface area contributed by atoms with Crippen LogP contribution in [0.25, 0.3) is 0 Å². The molecule has 0 saturated heterocycles. The molecule has 0 spiro atoms. The largest absolute Gasteiger partial charge is 0.381 e. The van der Waals surface area contributed by atoms with Crippen molar-refractivity contribution in [1.29, 1.82) is 0 Å². The van der Waals surface area contributed by atoms with E-state index in [0.29, 0.717) is 24.7 Å². The van der Waals surface area contributed by atoms with E-state index in [1.807, 2.05) is 24.6 Å². The summed E-state index contributed by atoms with van der Waals surface area (Å²) in [5.74, 6) is 0.344. The lowest BCUT2D eigenvalue weighted by molar-refractivity contribution is 0.464. The minimum absolute atomic E-state index is 0.186. The van der Waals surface area contributed by atoms with Crippen molar-refractivity contribution in [3.63, 3.8) is 0 Å². The van der Waals surface area contributed by atoms with Crippen molar-refractivity contribution in [2.24, 2.45) is 5.92 Å². The van der Waals surface area contributed by atoms with Gasteiger partial charge in [0.25, 0.3) is 5.56 Å². The van der Waals surface area contributed by atoms with Gasteiger partial charge in [0.15, 0.2) is 0 Å². The Morgan fingerprint density at radius 1 is 1.45 bits per heavy atom. The van der Waals surface area contributed by atoms with Crippen LogP contribution in [-0.4, -0.2) is 25.9 Å². The molecule has 0 saturated carbocycles. The van der Waals surface area contributed by atoms with Gasteiger partial charge in [-0.25, -0.2) is 9.67 Å². The lowest BCUT2D eigenvalue weighted by Crippen LogP contribution is -2.26. The average molecular weight is 296 g/mol. The van der Waals surface area contributed by atoms with Crippen LogP contribution in [-0.2, 0) is 13.1 Å². The van der Waals surface area contributed by atoms with Gasteiger partial charge in [0.2, 0.25) is 0 Å². The fraction of sp³-hybridized carbons (Fsp3) is 0.462. The topological polar surface area (TPSA) is 64.7 Å². The molecule has 0 atom stereocenters. The minimum Gasteiger partial charge on any atom is -0.381 e. The van der Waals surface area contributed by atoms with Crippen molar-refractivity contribution in [3.8, 4) is 0 Å². The molecular weight excluding hydrogens is 278 g/mol. The molecule has 6 nitrogen and oxygen atoms in total. The Balaban J connectivity index is 2.02. The first kappa shape index (κ1) is 14.6. The molecule has 2 aromatic heterocycles. The Morgan fingerprint density at radius 3 is 2.90 bits per heavy atom. The third-order valence-electron chi connectivity index (χ3n) is 2.77. The fourth-order valence-electron chi connectivity index (χ4n) is 1.80. The Labute approximate surface area is 122 Å². The van der Waals surface area contributed by atoms with Gasteiger partial charge >= 0.3 is 0 Å². The van der Waals surface area contributed by atoms with Crippen LogP contribution in [0.2, 0.25) is 5.02 Å². The van der Waals surface area contributed by atoms with Crippen LogP contribution in [0, 0.1) is 5.92 Å². The molecule has 7 heteroatoms. The summed E-state index contributed by atoms with van der Waals surface area (Å²) in [5, 5.41) is 7.44. The number of imidazole rings is 1. The van der Waals surface area contributed by atoms with Crippen LogP contribution in [0.1, 0.15) is 13.8 Å². The number of rotatable bonds is 6. The molecule has 0 amide bonds. The second-order valence-electron chi connectivity index (χ2n) is 4.98. The number of hydrogen-bond acceptors (Lipinski definition) is 4. The van der Waals surface area contributed by atoms with E-state index < -0.39 is 0 Å². The zero-order valence-corrected chi connectivity index (χ0v) is 12.3. The van der Waals surface area contributed by atoms with Crippen molar-refractivity contribution in [1.82, 2.24) is 19.3 Å². The van der Waals surface area contributed by atoms with Gasteiger partial charge in [-0.3, -0.25) is 4.79 Å². The van der Waals surface area contributed by atoms with Crippen molar-refractivity contribution in [2.75, 3.05) is 11.9 Å². The number of halogens is 1. The van der Waals surface area contributed by atoms with Crippen LogP contribution in [0.4, 0.5) is 5.69 Å². The molecule has 2 aromatic rings. The Kier molecular flexibility index (Phi) is 4.79. The van der Waals surface area contributed by atoms with E-state index in [1.54, 1.807) is 18.7 Å². The molecule has 0 aliphatic heterocycles. The maximum Gasteiger partial charge on any atom is 0.287 e. The van der Waals surface area contributed by atoms with E-state index in [4.69, 9.17) is 11.6 Å². The van der Waals surface area contributed by atoms with Gasteiger partial charge < -0.3 is 9.88 Å². The molecule has 0 fully saturated rings. The summed E-state index contributed by atoms with van der Waals surface area (Å²) in [6.07, 6.45) is 6.94. The molecule has 0 unspecified atom stereocenters. The molecule has 0 aliphatic carbocycles. The number of aromatic nitrogens is 4. The highest BCUT2D eigenvalue weighted by atomic mass is 35.5. The van der Waals surface area contributed by atoms with E-state index in [0.717, 1.165) is 6.54 Å². The highest BCUT2D eigenvalue weighted by Gasteiger charge is 2.09. The smallest absolute Gasteiger partial charge is 0.287 e. The molecule has 2 heterocycles. The van der Waals surface area contributed by atoms with Crippen LogP contribution in [0.3, 0.4) is 0 Å². The lowest BCUT2D eigenvalue weighted by atomic mass is 10.2. The van der Waals surface area contributed by atoms with Crippen molar-refractivity contribution in [3.05, 3.63) is 40.3 Å². The predicted molar refractivity (Wildman–Crippen MR) is 79.1 cm³/mol. The second-order valence-corrected chi connectivity index (χ2v) is 5.36. The molecule has 0 radical (unpaired) electrons. The summed E-state index contributed by atoms with van der Waals surface area (Å²) in [5.41, 5.74) is 0.310. The van der Waals surface area contributed by atoms with Gasteiger partial charge in [-0.2, -0.15) is 5.10 Å². The summed E-state index contributed by atoms with van der Waals surface area (Å²) >= 11 is 6.09. The normalized spacial score (nSPS) is 11.0. The van der Waals surface area contributed by atoms with Gasteiger partial charge in [-0.1, -0.05) is 25.4 Å². The zero-order valence-electron chi connectivity index (χ0n) is 11.6. The maximum absolute atomic E-state index is 12.0. The number of anilines is 1. The Bertz CT molecular complexity index is 606. The standard InChI is InChI=1S/C13H18ClN5O/c1-10(2)8-19-13(20)12(14)11(7-17-19)16-4-6-18-5-3-15-9-18/h3,5,7,9-10,16H,4,6,8H2,1-2H3. The van der Waals surface area contributed by atoms with E-state index in [1.165, 1.54) is 4.68 Å². The van der Waals surface area contributed by atoms with Crippen LogP contribution < -0.4 is 10.9 Å². The Hall–Kier alpha value is -1.82. The summed E-state index contributed by atoms with van der Waals surface area (Å²) < 4.78 is 3.34. The highest BCUT2D eigenvalue weighted by molar-refractivity contribution is 6.32. The summed E-state index contributed by atoms with van der Waals surface area (Å²) in [6.45, 7) is 6.00. The van der Waals surface area contributed by atoms with Crippen LogP contribution >= 0.6 is 11.6 Å². The summed E-state index contributed by atoms with van der Waals surface area (Å²) in [7, 11) is 0. The quantitative estimate of drug-likeness (QED) is 0.883. The average Bonchev–Trinajstić information content (AvgIpc) is 2.90. The van der Waals surface area contributed by atoms with Gasteiger partial charge in [-0.15, -0.1) is 0 Å². The van der Waals surface area contributed by atoms with E-state index in [2.05, 4.69) is 15.4 Å². The fourth-order valence-corrected chi connectivity index (χ4v) is 2.02. The second kappa shape index (κ2) is 6.56. The molecule has 0 aliphatic rings. The third kappa shape index (κ3) is 3.60. The summed E-state index contributed by atoms with van der Waals surface area (Å²) in [6, 6.07) is 0. The van der Waals surface area contributed by atoms with Crippen LogP contribution in [0.5, 0.6) is 0 Å². The van der Waals surface area contributed by atoms with E-state index >= 15 is 0 Å². The van der Waals surface area contributed by atoms with E-state index in [9.17, 15) is 4.79 Å². The first-order chi connectivity index (χ1) is 9.58. The molecule has 108 valence electrons. The van der Waals surface area contributed by atoms with Crippen molar-refractivity contribution in [2.45, 2.75) is 26.9 Å². The van der Waals surface area contributed by atoms with Gasteiger partial charge in [-0.05, 0) is 5.92 Å². The monoisotopic (exact) mass is 295 g/mol. The maximum atomic E-state index is 12.0. The molecule has 0 bridgehead atoms. The first-order valence-corrected chi connectivity index (χ1v) is 6.91. The number of nitrogens with zero attached hydrogens (tertiary/aromatic N) is 4. The molecule has 20 heavy (non-hydrogen) atoms. The SMILES string of the molecule is CC(C)Cn1ncc(NCCn2ccnc2)c(Cl)c1=O. The minimum atomic E-state index is -0.256. The molecule has 2 rings (SSSR count). The first-order valence-electron chi connectivity index (χ1n) is 6.53. The van der Waals surface area contributed by atoms with Gasteiger partial charge in [0, 0.05) is 32.0 Å². The predicted octanol–water partition coefficient (Wildman–Crippen LogP) is 1.86. The van der Waals surface area contributed by atoms with E-state index in [-0.39, 0.29) is 10.6 Å². The number of hydrogen-bond donors (Lipinski definition) is 1. The molecular formula is C13H18ClN5O. The summed E-state index contributed by atoms with van der Waals surface area (Å²) in [4.78, 5) is 16.0. The van der Waals surface area contributed by atoms with Crippen molar-refractivity contribution < 1.29 is 0 Å². The molecule has 1 N–H and O–H groups in total. The molecule has 0 aromatic carbocycles. The Morgan fingerprint density at radius 2 is 2.25 bits per heavy atom. The van der Waals surface area contributed by atoms with Crippen molar-refractivity contribution >= 4 is 17.3 Å². The zero-order chi connectivity index (χ0) is 14.5.